The Morgan fingerprint density at radius 3 is 1.58 bits per heavy atom. The van der Waals surface area contributed by atoms with Crippen LogP contribution >= 0.6 is 7.82 Å². The Morgan fingerprint density at radius 2 is 1.08 bits per heavy atom. The van der Waals surface area contributed by atoms with E-state index in [0.717, 1.165) is 38.5 Å². The summed E-state index contributed by atoms with van der Waals surface area (Å²) < 4.78 is 34.8. The highest BCUT2D eigenvalue weighted by Gasteiger charge is 2.26. The molecule has 2 atom stereocenters. The Bertz CT molecular complexity index is 787. The highest BCUT2D eigenvalue weighted by atomic mass is 31.2. The van der Waals surface area contributed by atoms with E-state index in [9.17, 15) is 14.3 Å². The van der Waals surface area contributed by atoms with Gasteiger partial charge in [0.05, 0.1) is 34.4 Å². The minimum absolute atomic E-state index is 0.0898. The van der Waals surface area contributed by atoms with Gasteiger partial charge in [-0.1, -0.05) is 142 Å². The van der Waals surface area contributed by atoms with Crippen LogP contribution in [-0.4, -0.2) is 75.6 Å². The second-order valence-corrected chi connectivity index (χ2v) is 16.1. The molecular formula is C39H79NO7P+. The molecule has 0 fully saturated rings. The molecule has 0 saturated carbocycles. The molecule has 0 rings (SSSR count). The summed E-state index contributed by atoms with van der Waals surface area (Å²) in [5.74, 6) is -0.321. The minimum Gasteiger partial charge on any atom is -0.457 e. The lowest BCUT2D eigenvalue weighted by atomic mass is 10.1. The van der Waals surface area contributed by atoms with Crippen molar-refractivity contribution in [3.05, 3.63) is 12.2 Å². The first-order valence-corrected chi connectivity index (χ1v) is 21.4. The van der Waals surface area contributed by atoms with E-state index in [2.05, 4.69) is 26.0 Å². The molecule has 0 bridgehead atoms. The zero-order valence-corrected chi connectivity index (χ0v) is 33.1. The van der Waals surface area contributed by atoms with E-state index in [0.29, 0.717) is 24.1 Å². The van der Waals surface area contributed by atoms with Gasteiger partial charge in [-0.3, -0.25) is 13.8 Å². The predicted molar refractivity (Wildman–Crippen MR) is 201 cm³/mol. The first kappa shape index (κ1) is 47.2. The van der Waals surface area contributed by atoms with Gasteiger partial charge < -0.3 is 18.9 Å². The molecule has 0 aliphatic carbocycles. The molecule has 0 amide bonds. The van der Waals surface area contributed by atoms with Gasteiger partial charge in [-0.05, 0) is 38.5 Å². The summed E-state index contributed by atoms with van der Waals surface area (Å²) in [7, 11) is 1.67. The van der Waals surface area contributed by atoms with Gasteiger partial charge in [0, 0.05) is 13.0 Å². The normalized spacial score (nSPS) is 14.0. The summed E-state index contributed by atoms with van der Waals surface area (Å²) in [4.78, 5) is 22.8. The topological polar surface area (TPSA) is 91.3 Å². The first-order chi connectivity index (χ1) is 23.1. The Morgan fingerprint density at radius 1 is 0.625 bits per heavy atom. The summed E-state index contributed by atoms with van der Waals surface area (Å²) in [6.45, 7) is 5.62. The average Bonchev–Trinajstić information content (AvgIpc) is 3.03. The Labute approximate surface area is 297 Å². The third kappa shape index (κ3) is 36.5. The number of esters is 1. The lowest BCUT2D eigenvalue weighted by molar-refractivity contribution is -0.870. The lowest BCUT2D eigenvalue weighted by Crippen LogP contribution is -2.37. The molecule has 0 saturated heterocycles. The van der Waals surface area contributed by atoms with E-state index in [1.165, 1.54) is 116 Å². The summed E-state index contributed by atoms with van der Waals surface area (Å²) in [6, 6.07) is 0. The van der Waals surface area contributed by atoms with Crippen LogP contribution in [0.15, 0.2) is 12.2 Å². The number of rotatable bonds is 37. The second kappa shape index (κ2) is 33.4. The number of likely N-dealkylation sites (N-methyl/N-ethyl adjacent to an activating group) is 1. The SMILES string of the molecule is CCCCCCCCC/C=C\CCCCCCCC(=O)OC(COCCCCCCCCCCCC)COP(=O)(O)OCC[N+](C)(C)C. The number of hydrogen-bond acceptors (Lipinski definition) is 6. The molecule has 0 heterocycles. The van der Waals surface area contributed by atoms with Crippen LogP contribution in [0.4, 0.5) is 0 Å². The largest absolute Gasteiger partial charge is 0.472 e. The van der Waals surface area contributed by atoms with E-state index in [4.69, 9.17) is 18.5 Å². The van der Waals surface area contributed by atoms with Gasteiger partial charge in [0.1, 0.15) is 19.3 Å². The number of phosphoric ester groups is 1. The molecule has 8 nitrogen and oxygen atoms in total. The van der Waals surface area contributed by atoms with Gasteiger partial charge in [-0.2, -0.15) is 0 Å². The number of quaternary nitrogens is 1. The van der Waals surface area contributed by atoms with Gasteiger partial charge in [0.2, 0.25) is 0 Å². The standard InChI is InChI=1S/C39H78NO7P/c1-6-8-10-12-14-16-18-19-20-21-22-23-24-26-28-30-32-39(41)47-38(37-46-48(42,43)45-35-33-40(3,4)5)36-44-34-31-29-27-25-17-15-13-11-9-7-2/h20-21,38H,6-19,22-37H2,1-5H3/p+1/b21-20-. The zero-order chi connectivity index (χ0) is 35.6. The quantitative estimate of drug-likeness (QED) is 0.0226. The number of carbonyl (C=O) groups excluding carboxylic acids is 1. The third-order valence-electron chi connectivity index (χ3n) is 8.58. The average molecular weight is 705 g/mol. The van der Waals surface area contributed by atoms with Crippen LogP contribution in [0, 0.1) is 0 Å². The van der Waals surface area contributed by atoms with Crippen LogP contribution in [0.2, 0.25) is 0 Å². The van der Waals surface area contributed by atoms with Crippen molar-refractivity contribution < 1.29 is 37.3 Å². The second-order valence-electron chi connectivity index (χ2n) is 14.7. The minimum atomic E-state index is -4.26. The van der Waals surface area contributed by atoms with Crippen molar-refractivity contribution in [1.82, 2.24) is 0 Å². The van der Waals surface area contributed by atoms with E-state index in [1.807, 2.05) is 21.1 Å². The molecule has 1 N–H and O–H groups in total. The maximum absolute atomic E-state index is 12.6. The highest BCUT2D eigenvalue weighted by molar-refractivity contribution is 7.47. The van der Waals surface area contributed by atoms with Crippen molar-refractivity contribution in [3.8, 4) is 0 Å². The predicted octanol–water partition coefficient (Wildman–Crippen LogP) is 11.1. The van der Waals surface area contributed by atoms with Crippen molar-refractivity contribution in [3.63, 3.8) is 0 Å². The number of carbonyl (C=O) groups is 1. The summed E-state index contributed by atoms with van der Waals surface area (Å²) in [5, 5.41) is 0. The summed E-state index contributed by atoms with van der Waals surface area (Å²) in [5.41, 5.74) is 0. The Hall–Kier alpha value is -0.760. The van der Waals surface area contributed by atoms with Crippen molar-refractivity contribution in [1.29, 1.82) is 0 Å². The van der Waals surface area contributed by atoms with Gasteiger partial charge in [-0.25, -0.2) is 4.57 Å². The van der Waals surface area contributed by atoms with Crippen LogP contribution in [0.3, 0.4) is 0 Å². The number of phosphoric acid groups is 1. The molecule has 0 aromatic heterocycles. The van der Waals surface area contributed by atoms with Crippen molar-refractivity contribution in [2.24, 2.45) is 0 Å². The fourth-order valence-electron chi connectivity index (χ4n) is 5.43. The molecule has 48 heavy (non-hydrogen) atoms. The number of unbranched alkanes of at least 4 members (excludes halogenated alkanes) is 21. The van der Waals surface area contributed by atoms with Gasteiger partial charge in [0.25, 0.3) is 0 Å². The smallest absolute Gasteiger partial charge is 0.457 e. The number of allylic oxidation sites excluding steroid dienone is 2. The molecule has 0 aliphatic heterocycles. The van der Waals surface area contributed by atoms with Crippen LogP contribution in [0.1, 0.15) is 174 Å². The fourth-order valence-corrected chi connectivity index (χ4v) is 6.17. The van der Waals surface area contributed by atoms with E-state index in [1.54, 1.807) is 0 Å². The van der Waals surface area contributed by atoms with Crippen molar-refractivity contribution >= 4 is 13.8 Å². The number of hydrogen-bond donors (Lipinski definition) is 1. The lowest BCUT2D eigenvalue weighted by Gasteiger charge is -2.24. The Balaban J connectivity index is 4.26. The molecule has 0 aromatic carbocycles. The molecule has 0 radical (unpaired) electrons. The fraction of sp³-hybridized carbons (Fsp3) is 0.923. The van der Waals surface area contributed by atoms with Crippen molar-refractivity contribution in [2.75, 3.05) is 54.1 Å². The number of ether oxygens (including phenoxy) is 2. The van der Waals surface area contributed by atoms with Gasteiger partial charge in [0.15, 0.2) is 0 Å². The molecule has 0 spiro atoms. The molecule has 0 aromatic rings. The molecular weight excluding hydrogens is 625 g/mol. The summed E-state index contributed by atoms with van der Waals surface area (Å²) >= 11 is 0. The van der Waals surface area contributed by atoms with E-state index >= 15 is 0 Å². The highest BCUT2D eigenvalue weighted by Crippen LogP contribution is 2.43. The van der Waals surface area contributed by atoms with E-state index < -0.39 is 13.9 Å². The van der Waals surface area contributed by atoms with Crippen LogP contribution < -0.4 is 0 Å². The zero-order valence-electron chi connectivity index (χ0n) is 32.2. The summed E-state index contributed by atoms with van der Waals surface area (Å²) in [6.07, 6.45) is 33.8. The molecule has 9 heteroatoms. The molecule has 2 unspecified atom stereocenters. The van der Waals surface area contributed by atoms with Crippen LogP contribution in [0.5, 0.6) is 0 Å². The first-order valence-electron chi connectivity index (χ1n) is 19.9. The van der Waals surface area contributed by atoms with Crippen molar-refractivity contribution in [2.45, 2.75) is 180 Å². The van der Waals surface area contributed by atoms with Crippen LogP contribution in [0.25, 0.3) is 0 Å². The maximum Gasteiger partial charge on any atom is 0.472 e. The monoisotopic (exact) mass is 705 g/mol. The third-order valence-corrected chi connectivity index (χ3v) is 9.56. The van der Waals surface area contributed by atoms with Gasteiger partial charge in [-0.15, -0.1) is 0 Å². The maximum atomic E-state index is 12.6. The Kier molecular flexibility index (Phi) is 32.9. The number of nitrogens with zero attached hydrogens (tertiary/aromatic N) is 1. The molecule has 286 valence electrons. The van der Waals surface area contributed by atoms with E-state index in [-0.39, 0.29) is 25.8 Å². The van der Waals surface area contributed by atoms with Gasteiger partial charge >= 0.3 is 13.8 Å². The molecule has 0 aliphatic rings. The van der Waals surface area contributed by atoms with Crippen LogP contribution in [-0.2, 0) is 27.9 Å².